The Kier molecular flexibility index (Phi) is 6.81. The van der Waals surface area contributed by atoms with Gasteiger partial charge in [-0.05, 0) is 42.8 Å². The Balaban J connectivity index is 2.07. The minimum absolute atomic E-state index is 0.155. The van der Waals surface area contributed by atoms with E-state index in [1.165, 1.54) is 16.0 Å². The van der Waals surface area contributed by atoms with Crippen molar-refractivity contribution in [2.24, 2.45) is 0 Å². The van der Waals surface area contributed by atoms with E-state index in [1.54, 1.807) is 11.3 Å². The third-order valence-corrected chi connectivity index (χ3v) is 5.09. The van der Waals surface area contributed by atoms with E-state index in [9.17, 15) is 4.79 Å². The lowest BCUT2D eigenvalue weighted by Crippen LogP contribution is -2.40. The highest BCUT2D eigenvalue weighted by Gasteiger charge is 2.16. The van der Waals surface area contributed by atoms with Crippen LogP contribution in [0.4, 0.5) is 0 Å². The van der Waals surface area contributed by atoms with Crippen LogP contribution in [0.5, 0.6) is 0 Å². The zero-order valence-electron chi connectivity index (χ0n) is 14.2. The van der Waals surface area contributed by atoms with Crippen molar-refractivity contribution >= 4 is 17.2 Å². The summed E-state index contributed by atoms with van der Waals surface area (Å²) < 4.78 is 0. The molecule has 0 saturated carbocycles. The molecule has 0 aliphatic carbocycles. The zero-order chi connectivity index (χ0) is 16.7. The van der Waals surface area contributed by atoms with Crippen LogP contribution < -0.4 is 5.32 Å². The first-order valence-corrected chi connectivity index (χ1v) is 9.06. The number of rotatable bonds is 8. The standard InChI is InChI=1S/C19H26N2OS/c1-4-16(3)20-12-19(22)21(13-17-8-6-5-7-9-17)14-18-15(2)10-11-23-18/h5-11,16,20H,4,12-14H2,1-3H3/t16-/m1/s1. The number of benzene rings is 1. The molecule has 0 aliphatic heterocycles. The van der Waals surface area contributed by atoms with Gasteiger partial charge in [0.25, 0.3) is 0 Å². The Morgan fingerprint density at radius 1 is 1.22 bits per heavy atom. The van der Waals surface area contributed by atoms with Gasteiger partial charge in [0, 0.05) is 17.5 Å². The first-order valence-electron chi connectivity index (χ1n) is 8.18. The molecule has 1 heterocycles. The minimum Gasteiger partial charge on any atom is -0.332 e. The molecule has 0 saturated heterocycles. The molecular weight excluding hydrogens is 304 g/mol. The molecule has 0 fully saturated rings. The number of carbonyl (C=O) groups excluding carboxylic acids is 1. The van der Waals surface area contributed by atoms with Crippen LogP contribution in [-0.4, -0.2) is 23.4 Å². The van der Waals surface area contributed by atoms with Gasteiger partial charge in [0.2, 0.25) is 5.91 Å². The molecule has 4 heteroatoms. The Bertz CT molecular complexity index is 609. The number of hydrogen-bond acceptors (Lipinski definition) is 3. The summed E-state index contributed by atoms with van der Waals surface area (Å²) in [5, 5.41) is 5.40. The number of aryl methyl sites for hydroxylation is 1. The van der Waals surface area contributed by atoms with Crippen molar-refractivity contribution in [2.75, 3.05) is 6.54 Å². The monoisotopic (exact) mass is 330 g/mol. The van der Waals surface area contributed by atoms with Crippen molar-refractivity contribution in [3.63, 3.8) is 0 Å². The average molecular weight is 330 g/mol. The predicted molar refractivity (Wildman–Crippen MR) is 97.5 cm³/mol. The van der Waals surface area contributed by atoms with E-state index < -0.39 is 0 Å². The van der Waals surface area contributed by atoms with Crippen LogP contribution in [0.15, 0.2) is 41.8 Å². The molecule has 23 heavy (non-hydrogen) atoms. The topological polar surface area (TPSA) is 32.3 Å². The van der Waals surface area contributed by atoms with Crippen LogP contribution in [0.1, 0.15) is 36.3 Å². The Labute approximate surface area is 143 Å². The van der Waals surface area contributed by atoms with Gasteiger partial charge < -0.3 is 10.2 Å². The summed E-state index contributed by atoms with van der Waals surface area (Å²) in [4.78, 5) is 15.9. The molecular formula is C19H26N2OS. The molecule has 0 radical (unpaired) electrons. The summed E-state index contributed by atoms with van der Waals surface area (Å²) >= 11 is 1.72. The highest BCUT2D eigenvalue weighted by molar-refractivity contribution is 7.10. The molecule has 1 amide bonds. The normalized spacial score (nSPS) is 12.1. The first kappa shape index (κ1) is 17.7. The van der Waals surface area contributed by atoms with E-state index in [-0.39, 0.29) is 5.91 Å². The summed E-state index contributed by atoms with van der Waals surface area (Å²) in [6.07, 6.45) is 1.02. The summed E-state index contributed by atoms with van der Waals surface area (Å²) in [7, 11) is 0. The molecule has 0 bridgehead atoms. The van der Waals surface area contributed by atoms with E-state index in [0.29, 0.717) is 25.7 Å². The fourth-order valence-electron chi connectivity index (χ4n) is 2.29. The Morgan fingerprint density at radius 3 is 2.57 bits per heavy atom. The minimum atomic E-state index is 0.155. The van der Waals surface area contributed by atoms with Gasteiger partial charge in [0.1, 0.15) is 0 Å². The van der Waals surface area contributed by atoms with Gasteiger partial charge in [-0.2, -0.15) is 0 Å². The predicted octanol–water partition coefficient (Wildman–Crippen LogP) is 3.97. The summed E-state index contributed by atoms with van der Waals surface area (Å²) in [5.41, 5.74) is 2.43. The highest BCUT2D eigenvalue weighted by atomic mass is 32.1. The van der Waals surface area contributed by atoms with Gasteiger partial charge in [-0.1, -0.05) is 37.3 Å². The van der Waals surface area contributed by atoms with E-state index in [4.69, 9.17) is 0 Å². The lowest BCUT2D eigenvalue weighted by molar-refractivity contribution is -0.131. The quantitative estimate of drug-likeness (QED) is 0.794. The van der Waals surface area contributed by atoms with Crippen molar-refractivity contribution in [1.82, 2.24) is 10.2 Å². The van der Waals surface area contributed by atoms with E-state index in [2.05, 4.69) is 49.7 Å². The maximum absolute atomic E-state index is 12.7. The maximum atomic E-state index is 12.7. The number of nitrogens with one attached hydrogen (secondary N) is 1. The molecule has 1 aromatic heterocycles. The van der Waals surface area contributed by atoms with Crippen LogP contribution >= 0.6 is 11.3 Å². The summed E-state index contributed by atoms with van der Waals surface area (Å²) in [6.45, 7) is 8.07. The molecule has 1 N–H and O–H groups in total. The number of nitrogens with zero attached hydrogens (tertiary/aromatic N) is 1. The average Bonchev–Trinajstić information content (AvgIpc) is 2.97. The second-order valence-electron chi connectivity index (χ2n) is 5.95. The van der Waals surface area contributed by atoms with E-state index >= 15 is 0 Å². The number of hydrogen-bond donors (Lipinski definition) is 1. The van der Waals surface area contributed by atoms with Crippen LogP contribution in [0.3, 0.4) is 0 Å². The molecule has 2 aromatic rings. The Morgan fingerprint density at radius 2 is 1.96 bits per heavy atom. The van der Waals surface area contributed by atoms with Crippen molar-refractivity contribution in [3.8, 4) is 0 Å². The van der Waals surface area contributed by atoms with Gasteiger partial charge in [-0.15, -0.1) is 11.3 Å². The highest BCUT2D eigenvalue weighted by Crippen LogP contribution is 2.19. The van der Waals surface area contributed by atoms with Crippen LogP contribution in [0, 0.1) is 6.92 Å². The molecule has 1 atom stereocenters. The largest absolute Gasteiger partial charge is 0.332 e. The lowest BCUT2D eigenvalue weighted by Gasteiger charge is -2.24. The fourth-order valence-corrected chi connectivity index (χ4v) is 3.21. The van der Waals surface area contributed by atoms with E-state index in [0.717, 1.165) is 6.42 Å². The molecule has 0 aliphatic rings. The van der Waals surface area contributed by atoms with Gasteiger partial charge >= 0.3 is 0 Å². The van der Waals surface area contributed by atoms with Crippen molar-refractivity contribution in [2.45, 2.75) is 46.3 Å². The number of thiophene rings is 1. The number of carbonyl (C=O) groups is 1. The van der Waals surface area contributed by atoms with E-state index in [1.807, 2.05) is 23.1 Å². The van der Waals surface area contributed by atoms with Crippen LogP contribution in [0.25, 0.3) is 0 Å². The number of amides is 1. The maximum Gasteiger partial charge on any atom is 0.237 e. The smallest absolute Gasteiger partial charge is 0.237 e. The molecule has 0 unspecified atom stereocenters. The summed E-state index contributed by atoms with van der Waals surface area (Å²) in [6, 6.07) is 12.7. The first-order chi connectivity index (χ1) is 11.1. The van der Waals surface area contributed by atoms with Crippen LogP contribution in [0.2, 0.25) is 0 Å². The van der Waals surface area contributed by atoms with Gasteiger partial charge in [-0.25, -0.2) is 0 Å². The van der Waals surface area contributed by atoms with Gasteiger partial charge in [0.15, 0.2) is 0 Å². The van der Waals surface area contributed by atoms with Crippen molar-refractivity contribution in [1.29, 1.82) is 0 Å². The molecule has 0 spiro atoms. The van der Waals surface area contributed by atoms with Gasteiger partial charge in [-0.3, -0.25) is 4.79 Å². The lowest BCUT2D eigenvalue weighted by atomic mass is 10.2. The van der Waals surface area contributed by atoms with Crippen molar-refractivity contribution in [3.05, 3.63) is 57.8 Å². The molecule has 3 nitrogen and oxygen atoms in total. The SMILES string of the molecule is CC[C@@H](C)NCC(=O)N(Cc1ccccc1)Cc1sccc1C. The zero-order valence-corrected chi connectivity index (χ0v) is 15.0. The second-order valence-corrected chi connectivity index (χ2v) is 6.95. The molecule has 2 rings (SSSR count). The van der Waals surface area contributed by atoms with Crippen LogP contribution in [-0.2, 0) is 17.9 Å². The van der Waals surface area contributed by atoms with Gasteiger partial charge in [0.05, 0.1) is 13.1 Å². The van der Waals surface area contributed by atoms with Crippen molar-refractivity contribution < 1.29 is 4.79 Å². The molecule has 1 aromatic carbocycles. The second kappa shape index (κ2) is 8.85. The molecule has 124 valence electrons. The summed E-state index contributed by atoms with van der Waals surface area (Å²) in [5.74, 6) is 0.155. The Hall–Kier alpha value is -1.65. The third kappa shape index (κ3) is 5.48. The third-order valence-electron chi connectivity index (χ3n) is 4.09. The fraction of sp³-hybridized carbons (Fsp3) is 0.421.